The summed E-state index contributed by atoms with van der Waals surface area (Å²) in [6.45, 7) is 2.18. The van der Waals surface area contributed by atoms with Gasteiger partial charge in [-0.2, -0.15) is 0 Å². The smallest absolute Gasteiger partial charge is 0.258 e. The minimum absolute atomic E-state index is 0.408. The summed E-state index contributed by atoms with van der Waals surface area (Å²) in [4.78, 5) is 11.9. The Labute approximate surface area is 98.3 Å². The van der Waals surface area contributed by atoms with Crippen molar-refractivity contribution in [2.24, 2.45) is 0 Å². The van der Waals surface area contributed by atoms with Crippen LogP contribution in [0.5, 0.6) is 0 Å². The summed E-state index contributed by atoms with van der Waals surface area (Å²) in [5.74, 6) is -1.66. The highest BCUT2D eigenvalue weighted by molar-refractivity contribution is 5.88. The van der Waals surface area contributed by atoms with Crippen LogP contribution in [0.4, 0.5) is 0 Å². The number of carbonyl (C=O) groups excluding carboxylic acids is 1. The lowest BCUT2D eigenvalue weighted by atomic mass is 9.85. The van der Waals surface area contributed by atoms with E-state index in [-0.39, 0.29) is 0 Å². The second-order valence-corrected chi connectivity index (χ2v) is 4.84. The predicted octanol–water partition coefficient (Wildman–Crippen LogP) is -2.28. The van der Waals surface area contributed by atoms with Gasteiger partial charge in [-0.25, -0.2) is 0 Å². The maximum absolute atomic E-state index is 11.9. The van der Waals surface area contributed by atoms with Crippen molar-refractivity contribution in [3.63, 3.8) is 0 Å². The average Bonchev–Trinajstić information content (AvgIpc) is 2.57. The molecule has 2 aliphatic heterocycles. The van der Waals surface area contributed by atoms with Crippen molar-refractivity contribution in [2.45, 2.75) is 43.5 Å². The molecule has 0 aromatic carbocycles. The molecule has 4 N–H and O–H groups in total. The fraction of sp³-hybridized carbons (Fsp3) is 0.900. The molecule has 0 aliphatic carbocycles. The summed E-state index contributed by atoms with van der Waals surface area (Å²) in [5.41, 5.74) is -1.60. The Morgan fingerprint density at radius 3 is 2.59 bits per heavy atom. The number of aliphatic hydroxyl groups is 3. The van der Waals surface area contributed by atoms with E-state index in [0.717, 1.165) is 0 Å². The number of hydrogen-bond donors (Lipinski definition) is 4. The maximum Gasteiger partial charge on any atom is 0.258 e. The molecule has 2 aliphatic rings. The molecule has 2 rings (SSSR count). The van der Waals surface area contributed by atoms with Gasteiger partial charge in [-0.05, 0) is 13.8 Å². The van der Waals surface area contributed by atoms with Gasteiger partial charge in [-0.15, -0.1) is 0 Å². The molecule has 0 bridgehead atoms. The van der Waals surface area contributed by atoms with E-state index in [9.17, 15) is 15.0 Å². The zero-order chi connectivity index (χ0) is 12.8. The molecule has 7 heteroatoms. The number of fused-ring (bicyclic) bond motifs is 1. The van der Waals surface area contributed by atoms with Gasteiger partial charge >= 0.3 is 0 Å². The van der Waals surface area contributed by atoms with E-state index in [1.54, 1.807) is 13.8 Å². The molecule has 2 fully saturated rings. The summed E-state index contributed by atoms with van der Waals surface area (Å²) in [6.07, 6.45) is -2.12. The zero-order valence-electron chi connectivity index (χ0n) is 9.71. The van der Waals surface area contributed by atoms with Gasteiger partial charge in [0, 0.05) is 0 Å². The van der Waals surface area contributed by atoms with Gasteiger partial charge in [0.1, 0.15) is 12.2 Å². The van der Waals surface area contributed by atoms with E-state index in [4.69, 9.17) is 14.6 Å². The highest BCUT2D eigenvalue weighted by Gasteiger charge is 2.64. The molecule has 0 aromatic heterocycles. The summed E-state index contributed by atoms with van der Waals surface area (Å²) < 4.78 is 10.9. The topological polar surface area (TPSA) is 108 Å². The van der Waals surface area contributed by atoms with Crippen molar-refractivity contribution in [1.29, 1.82) is 0 Å². The van der Waals surface area contributed by atoms with Gasteiger partial charge in [0.05, 0.1) is 19.3 Å². The van der Waals surface area contributed by atoms with Crippen molar-refractivity contribution in [2.75, 3.05) is 13.2 Å². The molecule has 0 radical (unpaired) electrons. The van der Waals surface area contributed by atoms with Crippen LogP contribution >= 0.6 is 0 Å². The van der Waals surface area contributed by atoms with E-state index in [1.807, 2.05) is 0 Å². The number of carbonyl (C=O) groups is 1. The molecule has 2 saturated heterocycles. The first-order chi connectivity index (χ1) is 7.86. The third-order valence-corrected chi connectivity index (χ3v) is 3.15. The maximum atomic E-state index is 11.9. The number of ether oxygens (including phenoxy) is 2. The van der Waals surface area contributed by atoms with Crippen molar-refractivity contribution < 1.29 is 29.6 Å². The standard InChI is InChI=1S/C10H17NO6/c1-9(2)16-7-6(14)5(3-12)11-8(15)10(7,4-13)17-9/h5-7,12-14H,3-4H2,1-2H3,(H,11,15)/t5-,6-,7+,10+/m1/s1. The van der Waals surface area contributed by atoms with Crippen LogP contribution in [0.15, 0.2) is 0 Å². The molecule has 2 heterocycles. The Hall–Kier alpha value is -0.730. The number of nitrogens with one attached hydrogen (secondary N) is 1. The van der Waals surface area contributed by atoms with Crippen LogP contribution in [-0.4, -0.2) is 64.1 Å². The SMILES string of the molecule is CC1(C)O[C@H]2[C@H](O)[C@@H](CO)NC(=O)[C@@]2(CO)O1. The Balaban J connectivity index is 2.36. The van der Waals surface area contributed by atoms with Crippen LogP contribution in [0.2, 0.25) is 0 Å². The molecular weight excluding hydrogens is 230 g/mol. The van der Waals surface area contributed by atoms with Crippen LogP contribution in [0.3, 0.4) is 0 Å². The normalized spacial score (nSPS) is 44.3. The first kappa shape index (κ1) is 12.7. The Bertz CT molecular complexity index is 333. The lowest BCUT2D eigenvalue weighted by molar-refractivity contribution is -0.180. The minimum Gasteiger partial charge on any atom is -0.394 e. The monoisotopic (exact) mass is 247 g/mol. The molecule has 98 valence electrons. The first-order valence-electron chi connectivity index (χ1n) is 5.45. The molecule has 0 unspecified atom stereocenters. The van der Waals surface area contributed by atoms with Gasteiger partial charge in [0.15, 0.2) is 5.79 Å². The summed E-state index contributed by atoms with van der Waals surface area (Å²) in [5, 5.41) is 30.9. The Morgan fingerprint density at radius 1 is 1.41 bits per heavy atom. The Morgan fingerprint density at radius 2 is 2.06 bits per heavy atom. The fourth-order valence-electron chi connectivity index (χ4n) is 2.38. The largest absolute Gasteiger partial charge is 0.394 e. The van der Waals surface area contributed by atoms with E-state index in [1.165, 1.54) is 0 Å². The average molecular weight is 247 g/mol. The van der Waals surface area contributed by atoms with Gasteiger partial charge in [0.2, 0.25) is 5.60 Å². The second-order valence-electron chi connectivity index (χ2n) is 4.84. The quantitative estimate of drug-likeness (QED) is 0.438. The van der Waals surface area contributed by atoms with Gasteiger partial charge in [0.25, 0.3) is 5.91 Å². The molecule has 0 aromatic rings. The molecular formula is C10H17NO6. The molecule has 0 saturated carbocycles. The Kier molecular flexibility index (Phi) is 2.91. The second kappa shape index (κ2) is 3.89. The van der Waals surface area contributed by atoms with E-state index in [2.05, 4.69) is 5.32 Å². The van der Waals surface area contributed by atoms with E-state index >= 15 is 0 Å². The van der Waals surface area contributed by atoms with Gasteiger partial charge < -0.3 is 30.1 Å². The van der Waals surface area contributed by atoms with Crippen molar-refractivity contribution in [3.05, 3.63) is 0 Å². The number of amides is 1. The third kappa shape index (κ3) is 1.74. The zero-order valence-corrected chi connectivity index (χ0v) is 9.71. The van der Waals surface area contributed by atoms with Crippen LogP contribution in [0, 0.1) is 0 Å². The highest BCUT2D eigenvalue weighted by atomic mass is 16.8. The predicted molar refractivity (Wildman–Crippen MR) is 54.9 cm³/mol. The first-order valence-corrected chi connectivity index (χ1v) is 5.45. The molecule has 1 amide bonds. The van der Waals surface area contributed by atoms with Crippen LogP contribution < -0.4 is 5.32 Å². The molecule has 4 atom stereocenters. The number of hydrogen-bond acceptors (Lipinski definition) is 6. The van der Waals surface area contributed by atoms with Crippen LogP contribution in [0.1, 0.15) is 13.8 Å². The summed E-state index contributed by atoms with van der Waals surface area (Å²) in [6, 6.07) is -0.815. The van der Waals surface area contributed by atoms with E-state index < -0.39 is 48.8 Å². The van der Waals surface area contributed by atoms with Gasteiger partial charge in [-0.1, -0.05) is 0 Å². The van der Waals surface area contributed by atoms with Crippen molar-refractivity contribution >= 4 is 5.91 Å². The molecule has 7 nitrogen and oxygen atoms in total. The third-order valence-electron chi connectivity index (χ3n) is 3.15. The van der Waals surface area contributed by atoms with Crippen molar-refractivity contribution in [1.82, 2.24) is 5.32 Å². The lowest BCUT2D eigenvalue weighted by Crippen LogP contribution is -2.70. The summed E-state index contributed by atoms with van der Waals surface area (Å²) >= 11 is 0. The highest BCUT2D eigenvalue weighted by Crippen LogP contribution is 2.40. The number of piperidine rings is 1. The lowest BCUT2D eigenvalue weighted by Gasteiger charge is -2.40. The van der Waals surface area contributed by atoms with Crippen LogP contribution in [0.25, 0.3) is 0 Å². The molecule has 17 heavy (non-hydrogen) atoms. The summed E-state index contributed by atoms with van der Waals surface area (Å²) in [7, 11) is 0. The minimum atomic E-state index is -1.60. The van der Waals surface area contributed by atoms with Gasteiger partial charge in [-0.3, -0.25) is 4.79 Å². The van der Waals surface area contributed by atoms with E-state index in [0.29, 0.717) is 0 Å². The number of aliphatic hydroxyl groups excluding tert-OH is 3. The van der Waals surface area contributed by atoms with Crippen molar-refractivity contribution in [3.8, 4) is 0 Å². The molecule has 0 spiro atoms. The fourth-order valence-corrected chi connectivity index (χ4v) is 2.38. The number of rotatable bonds is 2. The van der Waals surface area contributed by atoms with Crippen LogP contribution in [-0.2, 0) is 14.3 Å².